The summed E-state index contributed by atoms with van der Waals surface area (Å²) in [5, 5.41) is 2.99. The molecule has 0 unspecified atom stereocenters. The summed E-state index contributed by atoms with van der Waals surface area (Å²) in [6.45, 7) is 0. The number of hydrogen-bond donors (Lipinski definition) is 1. The summed E-state index contributed by atoms with van der Waals surface area (Å²) in [6.07, 6.45) is 1.49. The molecule has 0 saturated heterocycles. The Morgan fingerprint density at radius 2 is 2.00 bits per heavy atom. The number of pyridine rings is 1. The van der Waals surface area contributed by atoms with Crippen molar-refractivity contribution in [2.75, 3.05) is 12.4 Å². The molecule has 0 radical (unpaired) electrons. The molecule has 2 aromatic rings. The highest BCUT2D eigenvalue weighted by Gasteiger charge is 2.06. The van der Waals surface area contributed by atoms with E-state index in [9.17, 15) is 4.39 Å². The van der Waals surface area contributed by atoms with Crippen LogP contribution >= 0.6 is 15.9 Å². The van der Waals surface area contributed by atoms with Gasteiger partial charge in [-0.2, -0.15) is 0 Å². The Morgan fingerprint density at radius 3 is 2.59 bits per heavy atom. The zero-order valence-electron chi connectivity index (χ0n) is 9.08. The maximum Gasteiger partial charge on any atom is 0.255 e. The maximum absolute atomic E-state index is 13.5. The molecule has 0 spiro atoms. The fourth-order valence-electron chi connectivity index (χ4n) is 1.28. The maximum atomic E-state index is 13.5. The Labute approximate surface area is 107 Å². The summed E-state index contributed by atoms with van der Waals surface area (Å²) < 4.78 is 19.4. The van der Waals surface area contributed by atoms with E-state index in [0.717, 1.165) is 5.69 Å². The summed E-state index contributed by atoms with van der Waals surface area (Å²) in [5.74, 6) is 0.000183. The number of nitrogens with one attached hydrogen (secondary N) is 1. The topological polar surface area (TPSA) is 34.1 Å². The monoisotopic (exact) mass is 296 g/mol. The first-order valence-corrected chi connectivity index (χ1v) is 5.75. The number of hydrogen-bond acceptors (Lipinski definition) is 3. The molecule has 1 aromatic heterocycles. The van der Waals surface area contributed by atoms with Crippen LogP contribution in [-0.4, -0.2) is 12.0 Å². The van der Waals surface area contributed by atoms with Gasteiger partial charge in [0.05, 0.1) is 0 Å². The highest BCUT2D eigenvalue weighted by atomic mass is 79.9. The van der Waals surface area contributed by atoms with Crippen molar-refractivity contribution in [3.63, 3.8) is 0 Å². The Hall–Kier alpha value is -1.62. The van der Waals surface area contributed by atoms with Gasteiger partial charge in [0, 0.05) is 23.4 Å². The van der Waals surface area contributed by atoms with E-state index in [1.54, 1.807) is 12.1 Å². The van der Waals surface area contributed by atoms with Gasteiger partial charge in [-0.1, -0.05) is 0 Å². The quantitative estimate of drug-likeness (QED) is 0.935. The van der Waals surface area contributed by atoms with Crippen molar-refractivity contribution >= 4 is 21.6 Å². The van der Waals surface area contributed by atoms with E-state index in [-0.39, 0.29) is 5.88 Å². The summed E-state index contributed by atoms with van der Waals surface area (Å²) in [7, 11) is 1.83. The van der Waals surface area contributed by atoms with Gasteiger partial charge in [-0.3, -0.25) is 0 Å². The van der Waals surface area contributed by atoms with Gasteiger partial charge in [0.15, 0.2) is 5.82 Å². The molecule has 0 atom stereocenters. The molecule has 88 valence electrons. The molecule has 0 fully saturated rings. The van der Waals surface area contributed by atoms with Crippen molar-refractivity contribution < 1.29 is 9.13 Å². The average molecular weight is 297 g/mol. The molecule has 0 aliphatic heterocycles. The Bertz CT molecular complexity index is 516. The highest BCUT2D eigenvalue weighted by Crippen LogP contribution is 2.25. The second kappa shape index (κ2) is 5.14. The Kier molecular flexibility index (Phi) is 3.58. The van der Waals surface area contributed by atoms with Crippen LogP contribution in [0.2, 0.25) is 0 Å². The van der Waals surface area contributed by atoms with Gasteiger partial charge >= 0.3 is 0 Å². The lowest BCUT2D eigenvalue weighted by Gasteiger charge is -2.06. The van der Waals surface area contributed by atoms with Gasteiger partial charge in [-0.25, -0.2) is 9.37 Å². The van der Waals surface area contributed by atoms with Gasteiger partial charge in [0.1, 0.15) is 5.75 Å². The largest absolute Gasteiger partial charge is 0.436 e. The number of ether oxygens (including phenoxy) is 1. The Morgan fingerprint density at radius 1 is 1.29 bits per heavy atom. The molecule has 5 heteroatoms. The first-order chi connectivity index (χ1) is 8.19. The third-order valence-electron chi connectivity index (χ3n) is 2.13. The molecule has 1 N–H and O–H groups in total. The molecule has 0 amide bonds. The van der Waals surface area contributed by atoms with Crippen LogP contribution in [0.5, 0.6) is 11.6 Å². The van der Waals surface area contributed by atoms with Crippen LogP contribution in [-0.2, 0) is 0 Å². The number of halogens is 2. The number of rotatable bonds is 3. The fraction of sp³-hybridized carbons (Fsp3) is 0.0833. The van der Waals surface area contributed by atoms with Crippen molar-refractivity contribution in [3.05, 3.63) is 46.8 Å². The molecular weight excluding hydrogens is 287 g/mol. The molecule has 3 nitrogen and oxygen atoms in total. The van der Waals surface area contributed by atoms with Crippen LogP contribution in [0.3, 0.4) is 0 Å². The van der Waals surface area contributed by atoms with Crippen LogP contribution in [0, 0.1) is 5.82 Å². The van der Waals surface area contributed by atoms with E-state index < -0.39 is 5.82 Å². The second-order valence-electron chi connectivity index (χ2n) is 3.32. The second-order valence-corrected chi connectivity index (χ2v) is 4.23. The minimum Gasteiger partial charge on any atom is -0.436 e. The first-order valence-electron chi connectivity index (χ1n) is 4.96. The summed E-state index contributed by atoms with van der Waals surface area (Å²) in [6, 6.07) is 8.48. The zero-order chi connectivity index (χ0) is 12.3. The van der Waals surface area contributed by atoms with E-state index in [1.807, 2.05) is 19.2 Å². The molecule has 0 aliphatic carbocycles. The van der Waals surface area contributed by atoms with Gasteiger partial charge in [-0.05, 0) is 46.3 Å². The van der Waals surface area contributed by atoms with E-state index in [4.69, 9.17) is 4.74 Å². The first kappa shape index (κ1) is 11.9. The van der Waals surface area contributed by atoms with Crippen molar-refractivity contribution in [3.8, 4) is 11.6 Å². The third kappa shape index (κ3) is 2.94. The van der Waals surface area contributed by atoms with E-state index in [1.165, 1.54) is 12.3 Å². The summed E-state index contributed by atoms with van der Waals surface area (Å²) in [4.78, 5) is 3.86. The minimum atomic E-state index is -0.503. The number of aromatic nitrogens is 1. The lowest BCUT2D eigenvalue weighted by molar-refractivity contribution is 0.422. The van der Waals surface area contributed by atoms with Crippen LogP contribution in [0.4, 0.5) is 10.1 Å². The predicted molar refractivity (Wildman–Crippen MR) is 68.0 cm³/mol. The highest BCUT2D eigenvalue weighted by molar-refractivity contribution is 9.10. The standard InChI is InChI=1S/C12H10BrFN2O/c1-15-9-2-4-10(5-3-9)17-12-11(14)6-8(13)7-16-12/h2-7,15H,1H3. The van der Waals surface area contributed by atoms with Gasteiger partial charge in [-0.15, -0.1) is 0 Å². The third-order valence-corrected chi connectivity index (χ3v) is 2.57. The Balaban J connectivity index is 2.19. The SMILES string of the molecule is CNc1ccc(Oc2ncc(Br)cc2F)cc1. The number of nitrogens with zero attached hydrogens (tertiary/aromatic N) is 1. The molecule has 0 aliphatic rings. The normalized spacial score (nSPS) is 10.1. The molecule has 1 aromatic carbocycles. The van der Waals surface area contributed by atoms with Gasteiger partial charge in [0.25, 0.3) is 5.88 Å². The predicted octanol–water partition coefficient (Wildman–Crippen LogP) is 3.82. The number of benzene rings is 1. The molecule has 17 heavy (non-hydrogen) atoms. The summed E-state index contributed by atoms with van der Waals surface area (Å²) in [5.41, 5.74) is 0.960. The van der Waals surface area contributed by atoms with Gasteiger partial charge < -0.3 is 10.1 Å². The van der Waals surface area contributed by atoms with Crippen molar-refractivity contribution in [2.45, 2.75) is 0 Å². The smallest absolute Gasteiger partial charge is 0.255 e. The van der Waals surface area contributed by atoms with Crippen molar-refractivity contribution in [1.29, 1.82) is 0 Å². The lowest BCUT2D eigenvalue weighted by Crippen LogP contribution is -1.92. The van der Waals surface area contributed by atoms with Gasteiger partial charge in [0.2, 0.25) is 0 Å². The van der Waals surface area contributed by atoms with Crippen LogP contribution in [0.25, 0.3) is 0 Å². The average Bonchev–Trinajstić information content (AvgIpc) is 2.34. The molecule has 0 bridgehead atoms. The lowest BCUT2D eigenvalue weighted by atomic mass is 10.3. The minimum absolute atomic E-state index is 0.0367. The van der Waals surface area contributed by atoms with Crippen molar-refractivity contribution in [1.82, 2.24) is 4.98 Å². The van der Waals surface area contributed by atoms with E-state index >= 15 is 0 Å². The number of anilines is 1. The van der Waals surface area contributed by atoms with Crippen LogP contribution < -0.4 is 10.1 Å². The molecule has 1 heterocycles. The molecule has 0 saturated carbocycles. The molecule has 2 rings (SSSR count). The fourth-order valence-corrected chi connectivity index (χ4v) is 1.58. The van der Waals surface area contributed by atoms with E-state index in [0.29, 0.717) is 10.2 Å². The summed E-state index contributed by atoms with van der Waals surface area (Å²) >= 11 is 3.13. The molecular formula is C12H10BrFN2O. The van der Waals surface area contributed by atoms with Crippen molar-refractivity contribution in [2.24, 2.45) is 0 Å². The zero-order valence-corrected chi connectivity index (χ0v) is 10.7. The van der Waals surface area contributed by atoms with E-state index in [2.05, 4.69) is 26.2 Å². The van der Waals surface area contributed by atoms with Crippen LogP contribution in [0.15, 0.2) is 41.0 Å². The van der Waals surface area contributed by atoms with Crippen LogP contribution in [0.1, 0.15) is 0 Å².